The van der Waals surface area contributed by atoms with Crippen molar-refractivity contribution in [2.75, 3.05) is 0 Å². The van der Waals surface area contributed by atoms with Gasteiger partial charge in [-0.15, -0.1) is 23.8 Å². The minimum atomic E-state index is 0. The fourth-order valence-corrected chi connectivity index (χ4v) is 3.10. The summed E-state index contributed by atoms with van der Waals surface area (Å²) in [5, 5.41) is 0. The van der Waals surface area contributed by atoms with Gasteiger partial charge in [-0.3, -0.25) is 9.55 Å². The van der Waals surface area contributed by atoms with Gasteiger partial charge in [-0.2, -0.15) is 41.7 Å². The third kappa shape index (κ3) is 5.73. The molecule has 155 valence electrons. The number of hydrogen-bond donors (Lipinski definition) is 0. The Kier molecular flexibility index (Phi) is 8.67. The van der Waals surface area contributed by atoms with Crippen molar-refractivity contribution in [2.45, 2.75) is 6.92 Å². The molecule has 0 bridgehead atoms. The van der Waals surface area contributed by atoms with Gasteiger partial charge in [-0.25, -0.2) is 0 Å². The van der Waals surface area contributed by atoms with Crippen LogP contribution in [0, 0.1) is 13.8 Å². The van der Waals surface area contributed by atoms with Crippen LogP contribution < -0.4 is 0 Å². The molecule has 1 radical (unpaired) electrons. The van der Waals surface area contributed by atoms with E-state index in [0.29, 0.717) is 0 Å². The molecule has 0 aliphatic carbocycles. The number of aromatic nitrogens is 3. The van der Waals surface area contributed by atoms with Crippen molar-refractivity contribution in [1.82, 2.24) is 14.1 Å². The largest absolute Gasteiger partial charge is 0.270 e. The quantitative estimate of drug-likeness (QED) is 0.271. The molecular formula is C26H26IrN3-. The van der Waals surface area contributed by atoms with E-state index in [0.717, 1.165) is 28.1 Å². The predicted octanol–water partition coefficient (Wildman–Crippen LogP) is 6.13. The van der Waals surface area contributed by atoms with E-state index < -0.39 is 0 Å². The zero-order valence-electron chi connectivity index (χ0n) is 17.3. The molecule has 0 aliphatic heterocycles. The van der Waals surface area contributed by atoms with E-state index in [1.165, 1.54) is 5.56 Å². The van der Waals surface area contributed by atoms with Crippen LogP contribution in [0.15, 0.2) is 97.7 Å². The minimum absolute atomic E-state index is 0. The number of aryl methyl sites for hydroxylation is 1. The summed E-state index contributed by atoms with van der Waals surface area (Å²) in [4.78, 5) is 4.27. The van der Waals surface area contributed by atoms with Gasteiger partial charge >= 0.3 is 0 Å². The van der Waals surface area contributed by atoms with E-state index in [4.69, 9.17) is 0 Å². The molecule has 0 saturated carbocycles. The number of imidazole rings is 1. The van der Waals surface area contributed by atoms with Gasteiger partial charge in [0.05, 0.1) is 5.70 Å². The maximum absolute atomic E-state index is 4.27. The van der Waals surface area contributed by atoms with E-state index in [1.54, 1.807) is 6.20 Å². The molecule has 4 aromatic rings. The first-order valence-corrected chi connectivity index (χ1v) is 9.54. The molecule has 30 heavy (non-hydrogen) atoms. The third-order valence-electron chi connectivity index (χ3n) is 4.57. The normalized spacial score (nSPS) is 10.5. The number of hydrogen-bond acceptors (Lipinski definition) is 1. The Morgan fingerprint density at radius 2 is 1.57 bits per heavy atom. The van der Waals surface area contributed by atoms with E-state index in [9.17, 15) is 0 Å². The summed E-state index contributed by atoms with van der Waals surface area (Å²) in [6.07, 6.45) is 10.0. The van der Waals surface area contributed by atoms with Gasteiger partial charge in [-0.05, 0) is 25.1 Å². The van der Waals surface area contributed by atoms with E-state index in [-0.39, 0.29) is 20.1 Å². The fourth-order valence-electron chi connectivity index (χ4n) is 3.10. The van der Waals surface area contributed by atoms with Crippen molar-refractivity contribution in [3.63, 3.8) is 0 Å². The van der Waals surface area contributed by atoms with Crippen LogP contribution >= 0.6 is 0 Å². The van der Waals surface area contributed by atoms with Crippen LogP contribution in [0.3, 0.4) is 0 Å². The van der Waals surface area contributed by atoms with Gasteiger partial charge in [0, 0.05) is 39.0 Å². The average molecular weight is 573 g/mol. The van der Waals surface area contributed by atoms with Gasteiger partial charge in [-0.1, -0.05) is 29.8 Å². The molecule has 2 aromatic carbocycles. The van der Waals surface area contributed by atoms with Crippen LogP contribution in [0.5, 0.6) is 0 Å². The molecule has 3 nitrogen and oxygen atoms in total. The standard InChI is InChI=1S/C14H16N2.C12H10N.Ir/c1-4-14(16-10-9-15(3)11-16)13-8-6-5-7-12(13)2;1-10-6-2-3-7-11(10)12-8-4-5-9-13-12;/h4-11H,2H2,1,3H3;2-9H,1H2;/q;-1;/b14-4-;;. The zero-order valence-corrected chi connectivity index (χ0v) is 19.7. The number of rotatable bonds is 3. The summed E-state index contributed by atoms with van der Waals surface area (Å²) in [7, 11) is 2.01. The first kappa shape index (κ1) is 23.2. The van der Waals surface area contributed by atoms with E-state index in [1.807, 2.05) is 97.9 Å². The Balaban J connectivity index is 0.000000211. The molecule has 4 rings (SSSR count). The monoisotopic (exact) mass is 573 g/mol. The van der Waals surface area contributed by atoms with Crippen LogP contribution in [0.2, 0.25) is 0 Å². The number of benzene rings is 2. The first-order chi connectivity index (χ1) is 14.1. The van der Waals surface area contributed by atoms with E-state index in [2.05, 4.69) is 35.5 Å². The Morgan fingerprint density at radius 1 is 0.900 bits per heavy atom. The summed E-state index contributed by atoms with van der Waals surface area (Å²) in [6.45, 7) is 10.1. The molecule has 0 fully saturated rings. The predicted molar refractivity (Wildman–Crippen MR) is 122 cm³/mol. The smallest absolute Gasteiger partial charge is 0.164 e. The molecule has 0 amide bonds. The van der Waals surface area contributed by atoms with Crippen LogP contribution in [0.25, 0.3) is 17.0 Å². The Morgan fingerprint density at radius 3 is 2.13 bits per heavy atom. The summed E-state index contributed by atoms with van der Waals surface area (Å²) in [6, 6.07) is 22.1. The molecular weight excluding hydrogens is 547 g/mol. The van der Waals surface area contributed by atoms with Gasteiger partial charge in [0.15, 0.2) is 6.33 Å². The van der Waals surface area contributed by atoms with Crippen molar-refractivity contribution in [3.8, 4) is 11.3 Å². The first-order valence-electron chi connectivity index (χ1n) is 9.54. The molecule has 2 aromatic heterocycles. The fraction of sp³-hybridized carbons (Fsp3) is 0.0769. The van der Waals surface area contributed by atoms with Crippen molar-refractivity contribution in [2.24, 2.45) is 7.05 Å². The number of pyridine rings is 1. The van der Waals surface area contributed by atoms with Crippen LogP contribution in [-0.2, 0) is 27.2 Å². The second kappa shape index (κ2) is 11.2. The van der Waals surface area contributed by atoms with Gasteiger partial charge in [0.2, 0.25) is 0 Å². The maximum atomic E-state index is 4.27. The number of nitrogens with zero attached hydrogens (tertiary/aromatic N) is 3. The second-order valence-corrected chi connectivity index (χ2v) is 6.69. The molecule has 0 N–H and O–H groups in total. The van der Waals surface area contributed by atoms with Crippen molar-refractivity contribution >= 4 is 5.70 Å². The minimum Gasteiger partial charge on any atom is -0.270 e. The Hall–Kier alpha value is -3.07. The van der Waals surface area contributed by atoms with Crippen molar-refractivity contribution < 1.29 is 20.1 Å². The molecule has 0 unspecified atom stereocenters. The average Bonchev–Trinajstić information content (AvgIpc) is 3.17. The molecule has 0 saturated heterocycles. The molecule has 0 spiro atoms. The van der Waals surface area contributed by atoms with Crippen LogP contribution in [0.1, 0.15) is 23.6 Å². The van der Waals surface area contributed by atoms with Gasteiger partial charge in [0.25, 0.3) is 0 Å². The summed E-state index contributed by atoms with van der Waals surface area (Å²) in [5.41, 5.74) is 6.47. The van der Waals surface area contributed by atoms with Crippen LogP contribution in [0.4, 0.5) is 0 Å². The summed E-state index contributed by atoms with van der Waals surface area (Å²) >= 11 is 0. The molecule has 0 aliphatic rings. The van der Waals surface area contributed by atoms with E-state index >= 15 is 0 Å². The third-order valence-corrected chi connectivity index (χ3v) is 4.57. The molecule has 2 heterocycles. The van der Waals surface area contributed by atoms with Crippen molar-refractivity contribution in [1.29, 1.82) is 0 Å². The topological polar surface area (TPSA) is 22.8 Å². The summed E-state index contributed by atoms with van der Waals surface area (Å²) in [5.74, 6) is 0. The van der Waals surface area contributed by atoms with Crippen molar-refractivity contribution in [3.05, 3.63) is 128 Å². The summed E-state index contributed by atoms with van der Waals surface area (Å²) < 4.78 is 4.12. The Labute approximate surface area is 193 Å². The zero-order chi connectivity index (χ0) is 20.6. The SMILES string of the molecule is [CH2-]c1ccccc1-c1ccccn1.[CH2-]c1ccccc1/C(=C/C)n1ccn(C)[cH+]1.[Ir]. The molecule has 0 atom stereocenters. The molecule has 4 heteroatoms. The second-order valence-electron chi connectivity index (χ2n) is 6.69. The van der Waals surface area contributed by atoms with Gasteiger partial charge in [0.1, 0.15) is 12.4 Å². The van der Waals surface area contributed by atoms with Gasteiger partial charge < -0.3 is 0 Å². The maximum Gasteiger partial charge on any atom is 0.164 e. The number of allylic oxidation sites excluding steroid dienone is 1. The Bertz CT molecular complexity index is 1100. The van der Waals surface area contributed by atoms with Crippen LogP contribution in [-0.4, -0.2) is 14.1 Å².